The van der Waals surface area contributed by atoms with Crippen LogP contribution in [0.2, 0.25) is 0 Å². The number of ketones is 2. The highest BCUT2D eigenvalue weighted by atomic mass is 32.2. The summed E-state index contributed by atoms with van der Waals surface area (Å²) >= 11 is 0. The molecule has 15 heteroatoms. The molecule has 13 nitrogen and oxygen atoms in total. The minimum Gasteiger partial charge on any atom is -0.512 e. The number of halogens is 1. The third-order valence-electron chi connectivity index (χ3n) is 13.0. The molecular weight excluding hydrogens is 866 g/mol. The summed E-state index contributed by atoms with van der Waals surface area (Å²) < 4.78 is 20.1. The number of hydrogen-bond donors (Lipinski definition) is 1. The number of anilines is 2. The van der Waals surface area contributed by atoms with Crippen molar-refractivity contribution in [3.05, 3.63) is 70.0 Å². The van der Waals surface area contributed by atoms with E-state index < -0.39 is 22.4 Å². The molecule has 8 rings (SSSR count). The third-order valence-corrected chi connectivity index (χ3v) is 14.8. The number of amides is 1. The van der Waals surface area contributed by atoms with Crippen LogP contribution in [0.25, 0.3) is 23.7 Å². The van der Waals surface area contributed by atoms with Crippen LogP contribution in [0.4, 0.5) is 21.6 Å². The predicted octanol–water partition coefficient (Wildman–Crippen LogP) is 8.25. The van der Waals surface area contributed by atoms with Gasteiger partial charge in [0.15, 0.2) is 11.6 Å². The Bertz CT molecular complexity index is 2570. The van der Waals surface area contributed by atoms with E-state index in [2.05, 4.69) is 74.4 Å². The minimum atomic E-state index is -1.31. The number of aliphatic hydroxyl groups excluding tert-OH is 1. The summed E-state index contributed by atoms with van der Waals surface area (Å²) in [5, 5.41) is 12.0. The Morgan fingerprint density at radius 2 is 1.54 bits per heavy atom. The van der Waals surface area contributed by atoms with E-state index in [0.29, 0.717) is 49.5 Å². The van der Waals surface area contributed by atoms with Crippen molar-refractivity contribution < 1.29 is 23.9 Å². The fourth-order valence-corrected chi connectivity index (χ4v) is 11.4. The molecule has 1 aliphatic carbocycles. The minimum absolute atomic E-state index is 0.0241. The number of piperazine rings is 1. The lowest BCUT2D eigenvalue weighted by Crippen LogP contribution is -2.53. The highest BCUT2D eigenvalue weighted by Crippen LogP contribution is 2.45. The van der Waals surface area contributed by atoms with Crippen LogP contribution in [-0.4, -0.2) is 115 Å². The zero-order valence-electron chi connectivity index (χ0n) is 41.1. The van der Waals surface area contributed by atoms with Gasteiger partial charge in [0.1, 0.15) is 23.3 Å². The van der Waals surface area contributed by atoms with Gasteiger partial charge in [-0.2, -0.15) is 9.98 Å². The molecule has 6 aliphatic rings. The van der Waals surface area contributed by atoms with E-state index in [1.807, 2.05) is 43.5 Å². The molecule has 362 valence electrons. The van der Waals surface area contributed by atoms with Crippen molar-refractivity contribution in [2.24, 2.45) is 4.99 Å². The summed E-state index contributed by atoms with van der Waals surface area (Å²) in [6.07, 6.45) is 11.7. The van der Waals surface area contributed by atoms with Gasteiger partial charge in [0, 0.05) is 104 Å². The van der Waals surface area contributed by atoms with E-state index in [1.165, 1.54) is 26.7 Å². The number of carbonyl (C=O) groups is 3. The monoisotopic (exact) mass is 938 g/mol. The highest BCUT2D eigenvalue weighted by Gasteiger charge is 2.40. The van der Waals surface area contributed by atoms with Gasteiger partial charge >= 0.3 is 0 Å². The molecule has 2 atom stereocenters. The molecule has 0 bridgehead atoms. The van der Waals surface area contributed by atoms with Gasteiger partial charge in [0.25, 0.3) is 11.5 Å². The molecule has 0 radical (unpaired) electrons. The average Bonchev–Trinajstić information content (AvgIpc) is 3.91. The first-order valence-corrected chi connectivity index (χ1v) is 25.6. The van der Waals surface area contributed by atoms with Gasteiger partial charge in [-0.15, -0.1) is 0 Å². The first-order chi connectivity index (χ1) is 32.0. The lowest BCUT2D eigenvalue weighted by molar-refractivity contribution is -0.121. The van der Waals surface area contributed by atoms with Crippen molar-refractivity contribution in [1.29, 1.82) is 0 Å². The maximum absolute atomic E-state index is 16.4. The number of aromatic nitrogens is 4. The summed E-state index contributed by atoms with van der Waals surface area (Å²) in [6.45, 7) is 23.9. The van der Waals surface area contributed by atoms with E-state index >= 15 is 4.39 Å². The molecular formula is C52H72FN9O4S. The van der Waals surface area contributed by atoms with Crippen LogP contribution in [0.15, 0.2) is 52.6 Å². The van der Waals surface area contributed by atoms with Crippen molar-refractivity contribution in [2.45, 2.75) is 142 Å². The SMILES string of the molecule is C=c1/c(=C(\C)O)c(C)c2cnc(=Nc3ccc(N4CCN(CC5(F)CCN(c6ccc7c(c6)C(=O)N(C(CCC(C)=O)C(C)=O)S7=C)CC5)CC4)cn3)nc-2n1C1CCCC1.CCC.CCC. The number of rotatable bonds is 11. The van der Waals surface area contributed by atoms with Gasteiger partial charge in [0.2, 0.25) is 0 Å². The second-order valence-corrected chi connectivity index (χ2v) is 20.2. The maximum atomic E-state index is 16.4. The Labute approximate surface area is 398 Å². The van der Waals surface area contributed by atoms with Crippen LogP contribution in [0.5, 0.6) is 0 Å². The Hall–Kier alpha value is -5.28. The van der Waals surface area contributed by atoms with Crippen molar-refractivity contribution in [1.82, 2.24) is 28.7 Å². The fourth-order valence-electron chi connectivity index (χ4n) is 9.66. The lowest BCUT2D eigenvalue weighted by atomic mass is 9.92. The van der Waals surface area contributed by atoms with E-state index in [1.54, 1.807) is 17.4 Å². The molecule has 1 aromatic carbocycles. The Morgan fingerprint density at radius 3 is 2.12 bits per heavy atom. The number of piperidine rings is 1. The largest absolute Gasteiger partial charge is 0.512 e. The molecule has 1 amide bonds. The van der Waals surface area contributed by atoms with Gasteiger partial charge in [-0.05, 0) is 82.9 Å². The summed E-state index contributed by atoms with van der Waals surface area (Å²) in [5.41, 5.74) is 3.14. The van der Waals surface area contributed by atoms with Gasteiger partial charge < -0.3 is 24.3 Å². The number of hydrogen-bond acceptors (Lipinski definition) is 11. The number of aliphatic hydroxyl groups is 1. The predicted molar refractivity (Wildman–Crippen MR) is 271 cm³/mol. The summed E-state index contributed by atoms with van der Waals surface area (Å²) in [4.78, 5) is 64.1. The molecule has 2 unspecified atom stereocenters. The standard InChI is InChI=1S/C46H56FN9O4S.2C3H8/c1-29(57)11-14-39(32(4)58)56-44(60)37-25-35(12-15-40(37)61(56)6)53-19-17-46(47,18-20-53)28-52-21-23-54(24-22-52)36-13-16-41(48-26-36)50-45-49-27-38-30(2)42(33(5)59)31(3)55(43(38)51-45)34-9-7-8-10-34;2*1-3-2/h12-13,15-16,25-27,34,39,59H,3,6-11,14,17-24,28H2,1-2,4-5H3;2*3H2,1-2H3/b42-33+,50-45?;;. The number of alkyl halides is 1. The second-order valence-electron chi connectivity index (χ2n) is 18.6. The summed E-state index contributed by atoms with van der Waals surface area (Å²) in [5.74, 6) is 5.32. The van der Waals surface area contributed by atoms with E-state index in [-0.39, 0.29) is 42.1 Å². The van der Waals surface area contributed by atoms with Crippen LogP contribution < -0.4 is 26.0 Å². The van der Waals surface area contributed by atoms with E-state index in [4.69, 9.17) is 4.98 Å². The molecule has 0 spiro atoms. The zero-order chi connectivity index (χ0) is 48.6. The van der Waals surface area contributed by atoms with Crippen molar-refractivity contribution in [3.8, 4) is 11.4 Å². The highest BCUT2D eigenvalue weighted by molar-refractivity contribution is 8.13. The number of pyridine rings is 2. The molecule has 6 heterocycles. The van der Waals surface area contributed by atoms with Crippen molar-refractivity contribution in [2.75, 3.05) is 55.6 Å². The average molecular weight is 938 g/mol. The van der Waals surface area contributed by atoms with Crippen LogP contribution in [0.1, 0.15) is 135 Å². The summed E-state index contributed by atoms with van der Waals surface area (Å²) in [7, 11) is -0.850. The number of fused-ring (bicyclic) bond motifs is 2. The van der Waals surface area contributed by atoms with Crippen LogP contribution in [0.3, 0.4) is 0 Å². The number of Topliss-reactive ketones (excluding diaryl/α,β-unsaturated/α-hetero) is 2. The first kappa shape index (κ1) is 51.1. The molecule has 1 N–H and O–H groups in total. The number of carbonyl (C=O) groups excluding carboxylic acids is 3. The Balaban J connectivity index is 0.00000117. The number of nitrogens with zero attached hydrogens (tertiary/aromatic N) is 9. The maximum Gasteiger partial charge on any atom is 0.265 e. The van der Waals surface area contributed by atoms with Crippen molar-refractivity contribution in [3.63, 3.8) is 0 Å². The van der Waals surface area contributed by atoms with Crippen LogP contribution in [0, 0.1) is 6.92 Å². The molecule has 1 aromatic heterocycles. The van der Waals surface area contributed by atoms with Crippen molar-refractivity contribution >= 4 is 63.5 Å². The quantitative estimate of drug-likeness (QED) is 0.146. The first-order valence-electron chi connectivity index (χ1n) is 24.2. The normalized spacial score (nSPS) is 19.7. The van der Waals surface area contributed by atoms with Gasteiger partial charge in [-0.3, -0.25) is 18.8 Å². The topological polar surface area (TPSA) is 140 Å². The zero-order valence-corrected chi connectivity index (χ0v) is 41.9. The molecule has 2 aromatic rings. The van der Waals surface area contributed by atoms with Gasteiger partial charge in [0.05, 0.1) is 23.2 Å². The molecule has 67 heavy (non-hydrogen) atoms. The van der Waals surface area contributed by atoms with Gasteiger partial charge in [-0.1, -0.05) is 76.5 Å². The van der Waals surface area contributed by atoms with Crippen LogP contribution in [-0.2, 0) is 9.59 Å². The molecule has 5 aliphatic heterocycles. The molecule has 3 fully saturated rings. The van der Waals surface area contributed by atoms with E-state index in [9.17, 15) is 19.5 Å². The fraction of sp³-hybridized carbons (Fsp3) is 0.538. The summed E-state index contributed by atoms with van der Waals surface area (Å²) in [6, 6.07) is 9.19. The van der Waals surface area contributed by atoms with Gasteiger partial charge in [-0.25, -0.2) is 14.4 Å². The lowest BCUT2D eigenvalue weighted by Gasteiger charge is -2.42. The third kappa shape index (κ3) is 11.7. The van der Waals surface area contributed by atoms with Crippen LogP contribution >= 0.6 is 10.7 Å². The smallest absolute Gasteiger partial charge is 0.265 e. The Kier molecular flexibility index (Phi) is 17.3. The van der Waals surface area contributed by atoms with E-state index in [0.717, 1.165) is 95.7 Å². The molecule has 1 saturated carbocycles. The Morgan fingerprint density at radius 1 is 0.910 bits per heavy atom. The second kappa shape index (κ2) is 22.7. The molecule has 2 saturated heterocycles. The number of benzene rings is 1.